The monoisotopic (exact) mass is 279 g/mol. The number of nitrogens with zero attached hydrogens (tertiary/aromatic N) is 2. The summed E-state index contributed by atoms with van der Waals surface area (Å²) >= 11 is 0. The second-order valence-corrected chi connectivity index (χ2v) is 4.97. The van der Waals surface area contributed by atoms with Gasteiger partial charge in [0.2, 0.25) is 0 Å². The molecule has 0 atom stereocenters. The van der Waals surface area contributed by atoms with Crippen LogP contribution in [0.4, 0.5) is 4.79 Å². The maximum absolute atomic E-state index is 12.4. The fourth-order valence-electron chi connectivity index (χ4n) is 2.42. The fourth-order valence-corrected chi connectivity index (χ4v) is 2.42. The van der Waals surface area contributed by atoms with Crippen LogP contribution in [-0.2, 0) is 4.74 Å². The van der Waals surface area contributed by atoms with Crippen LogP contribution in [0.15, 0.2) is 6.07 Å². The Morgan fingerprint density at radius 2 is 1.80 bits per heavy atom. The van der Waals surface area contributed by atoms with Gasteiger partial charge >= 0.3 is 6.09 Å². The molecule has 1 aliphatic rings. The Kier molecular flexibility index (Phi) is 4.32. The first kappa shape index (κ1) is 14.4. The largest absolute Gasteiger partial charge is 0.450 e. The van der Waals surface area contributed by atoms with Gasteiger partial charge in [0.15, 0.2) is 0 Å². The minimum absolute atomic E-state index is 0.0235. The zero-order valence-corrected chi connectivity index (χ0v) is 12.2. The predicted molar refractivity (Wildman–Crippen MR) is 74.8 cm³/mol. The molecule has 0 aromatic carbocycles. The lowest BCUT2D eigenvalue weighted by Gasteiger charge is -2.34. The van der Waals surface area contributed by atoms with E-state index in [1.807, 2.05) is 19.9 Å². The Bertz CT molecular complexity index is 502. The van der Waals surface area contributed by atoms with Crippen LogP contribution in [0.2, 0.25) is 0 Å². The first-order valence-corrected chi connectivity index (χ1v) is 6.90. The molecule has 6 nitrogen and oxygen atoms in total. The molecule has 1 fully saturated rings. The first-order chi connectivity index (χ1) is 9.52. The molecule has 1 N–H and O–H groups in total. The van der Waals surface area contributed by atoms with Crippen molar-refractivity contribution in [1.29, 1.82) is 0 Å². The van der Waals surface area contributed by atoms with Gasteiger partial charge in [0, 0.05) is 37.6 Å². The summed E-state index contributed by atoms with van der Waals surface area (Å²) < 4.78 is 4.96. The fraction of sp³-hybridized carbons (Fsp3) is 0.571. The van der Waals surface area contributed by atoms with Crippen molar-refractivity contribution in [2.45, 2.75) is 20.8 Å². The van der Waals surface area contributed by atoms with E-state index in [9.17, 15) is 9.59 Å². The predicted octanol–water partition coefficient (Wildman–Crippen LogP) is 1.55. The van der Waals surface area contributed by atoms with Gasteiger partial charge in [0.25, 0.3) is 5.91 Å². The van der Waals surface area contributed by atoms with E-state index in [1.54, 1.807) is 16.7 Å². The molecular weight excluding hydrogens is 258 g/mol. The Morgan fingerprint density at radius 3 is 2.30 bits per heavy atom. The second-order valence-electron chi connectivity index (χ2n) is 4.97. The molecule has 0 spiro atoms. The van der Waals surface area contributed by atoms with Crippen LogP contribution in [0.25, 0.3) is 0 Å². The van der Waals surface area contributed by atoms with Crippen molar-refractivity contribution in [3.8, 4) is 0 Å². The number of carbonyl (C=O) groups is 2. The number of aromatic amines is 1. The molecule has 20 heavy (non-hydrogen) atoms. The number of nitrogens with one attached hydrogen (secondary N) is 1. The molecule has 6 heteroatoms. The van der Waals surface area contributed by atoms with Crippen molar-refractivity contribution in [1.82, 2.24) is 14.8 Å². The Balaban J connectivity index is 1.95. The number of aromatic nitrogens is 1. The van der Waals surface area contributed by atoms with Crippen LogP contribution < -0.4 is 0 Å². The van der Waals surface area contributed by atoms with Gasteiger partial charge < -0.3 is 19.5 Å². The minimum atomic E-state index is -0.298. The smallest absolute Gasteiger partial charge is 0.409 e. The highest BCUT2D eigenvalue weighted by Gasteiger charge is 2.26. The average molecular weight is 279 g/mol. The van der Waals surface area contributed by atoms with Crippen molar-refractivity contribution in [2.24, 2.45) is 0 Å². The number of aryl methyl sites for hydroxylation is 2. The van der Waals surface area contributed by atoms with E-state index in [4.69, 9.17) is 4.74 Å². The van der Waals surface area contributed by atoms with Gasteiger partial charge in [-0.1, -0.05) is 0 Å². The topological polar surface area (TPSA) is 65.6 Å². The number of amides is 2. The highest BCUT2D eigenvalue weighted by Crippen LogP contribution is 2.14. The molecule has 110 valence electrons. The number of ether oxygens (including phenoxy) is 1. The molecule has 1 aromatic heterocycles. The first-order valence-electron chi connectivity index (χ1n) is 6.90. The lowest BCUT2D eigenvalue weighted by atomic mass is 10.2. The summed E-state index contributed by atoms with van der Waals surface area (Å²) in [6.07, 6.45) is -0.298. The third kappa shape index (κ3) is 2.95. The normalized spacial score (nSPS) is 15.3. The molecule has 0 bridgehead atoms. The molecular formula is C14H21N3O3. The van der Waals surface area contributed by atoms with Crippen molar-refractivity contribution in [3.05, 3.63) is 23.0 Å². The van der Waals surface area contributed by atoms with Gasteiger partial charge in [0.05, 0.1) is 12.2 Å². The number of carbonyl (C=O) groups excluding carboxylic acids is 2. The summed E-state index contributed by atoms with van der Waals surface area (Å²) in [5.41, 5.74) is 2.59. The summed E-state index contributed by atoms with van der Waals surface area (Å²) in [6.45, 7) is 8.12. The Morgan fingerprint density at radius 1 is 1.20 bits per heavy atom. The third-order valence-electron chi connectivity index (χ3n) is 3.47. The van der Waals surface area contributed by atoms with Gasteiger partial charge in [-0.2, -0.15) is 0 Å². The standard InChI is InChI=1S/C14H21N3O3/c1-4-20-14(19)17-7-5-16(6-8-17)13(18)12-9-10(2)15-11(12)3/h9,15H,4-8H2,1-3H3. The lowest BCUT2D eigenvalue weighted by molar-refractivity contribution is 0.0570. The van der Waals surface area contributed by atoms with Crippen LogP contribution in [0.1, 0.15) is 28.7 Å². The van der Waals surface area contributed by atoms with Crippen molar-refractivity contribution in [3.63, 3.8) is 0 Å². The lowest BCUT2D eigenvalue weighted by Crippen LogP contribution is -2.50. The summed E-state index contributed by atoms with van der Waals surface area (Å²) in [4.78, 5) is 30.6. The van der Waals surface area contributed by atoms with E-state index in [0.29, 0.717) is 38.3 Å². The van der Waals surface area contributed by atoms with Crippen LogP contribution in [0, 0.1) is 13.8 Å². The number of piperazine rings is 1. The highest BCUT2D eigenvalue weighted by molar-refractivity contribution is 5.95. The van der Waals surface area contributed by atoms with Crippen molar-refractivity contribution < 1.29 is 14.3 Å². The van der Waals surface area contributed by atoms with E-state index in [2.05, 4.69) is 4.98 Å². The molecule has 2 rings (SSSR count). The van der Waals surface area contributed by atoms with Crippen LogP contribution >= 0.6 is 0 Å². The molecule has 0 saturated carbocycles. The van der Waals surface area contributed by atoms with E-state index in [-0.39, 0.29) is 12.0 Å². The minimum Gasteiger partial charge on any atom is -0.450 e. The number of hydrogen-bond acceptors (Lipinski definition) is 3. The second kappa shape index (κ2) is 5.98. The molecule has 2 heterocycles. The molecule has 0 radical (unpaired) electrons. The molecule has 1 saturated heterocycles. The van der Waals surface area contributed by atoms with Crippen LogP contribution in [0.5, 0.6) is 0 Å². The zero-order valence-electron chi connectivity index (χ0n) is 12.2. The van der Waals surface area contributed by atoms with E-state index < -0.39 is 0 Å². The quantitative estimate of drug-likeness (QED) is 0.893. The average Bonchev–Trinajstić information content (AvgIpc) is 2.77. The summed E-state index contributed by atoms with van der Waals surface area (Å²) in [5, 5.41) is 0. The molecule has 2 amide bonds. The summed E-state index contributed by atoms with van der Waals surface area (Å²) in [5.74, 6) is 0.0235. The molecule has 0 unspecified atom stereocenters. The van der Waals surface area contributed by atoms with Gasteiger partial charge in [-0.3, -0.25) is 4.79 Å². The molecule has 1 aromatic rings. The maximum Gasteiger partial charge on any atom is 0.409 e. The summed E-state index contributed by atoms with van der Waals surface area (Å²) in [7, 11) is 0. The SMILES string of the molecule is CCOC(=O)N1CCN(C(=O)c2cc(C)[nH]c2C)CC1. The number of hydrogen-bond donors (Lipinski definition) is 1. The number of rotatable bonds is 2. The van der Waals surface area contributed by atoms with Gasteiger partial charge in [-0.05, 0) is 26.8 Å². The van der Waals surface area contributed by atoms with Gasteiger partial charge in [-0.15, -0.1) is 0 Å². The number of H-pyrrole nitrogens is 1. The van der Waals surface area contributed by atoms with Crippen molar-refractivity contribution >= 4 is 12.0 Å². The van der Waals surface area contributed by atoms with E-state index in [1.165, 1.54) is 0 Å². The Labute approximate surface area is 118 Å². The van der Waals surface area contributed by atoms with E-state index in [0.717, 1.165) is 11.4 Å². The van der Waals surface area contributed by atoms with Crippen LogP contribution in [0.3, 0.4) is 0 Å². The van der Waals surface area contributed by atoms with Gasteiger partial charge in [0.1, 0.15) is 0 Å². The Hall–Kier alpha value is -1.98. The maximum atomic E-state index is 12.4. The molecule has 0 aliphatic carbocycles. The third-order valence-corrected chi connectivity index (χ3v) is 3.47. The zero-order chi connectivity index (χ0) is 14.7. The van der Waals surface area contributed by atoms with Gasteiger partial charge in [-0.25, -0.2) is 4.79 Å². The van der Waals surface area contributed by atoms with Crippen molar-refractivity contribution in [2.75, 3.05) is 32.8 Å². The highest BCUT2D eigenvalue weighted by atomic mass is 16.6. The summed E-state index contributed by atoms with van der Waals surface area (Å²) in [6, 6.07) is 1.87. The van der Waals surface area contributed by atoms with Crippen LogP contribution in [-0.4, -0.2) is 59.6 Å². The molecule has 1 aliphatic heterocycles. The van der Waals surface area contributed by atoms with E-state index >= 15 is 0 Å².